The van der Waals surface area contributed by atoms with Gasteiger partial charge in [0.2, 0.25) is 15.9 Å². The Balaban J connectivity index is 1.39. The normalized spacial score (nSPS) is 17.6. The maximum Gasteiger partial charge on any atom is 0.246 e. The Bertz CT molecular complexity index is 1060. The van der Waals surface area contributed by atoms with E-state index in [-0.39, 0.29) is 24.8 Å². The van der Waals surface area contributed by atoms with Crippen molar-refractivity contribution >= 4 is 22.0 Å². The molecule has 0 atom stereocenters. The molecule has 0 radical (unpaired) electrons. The van der Waals surface area contributed by atoms with Crippen molar-refractivity contribution in [2.75, 3.05) is 26.2 Å². The van der Waals surface area contributed by atoms with E-state index >= 15 is 0 Å². The maximum absolute atomic E-state index is 13.2. The third-order valence-electron chi connectivity index (χ3n) is 5.53. The van der Waals surface area contributed by atoms with Gasteiger partial charge in [-0.25, -0.2) is 12.8 Å². The van der Waals surface area contributed by atoms with Crippen molar-refractivity contribution in [2.45, 2.75) is 24.2 Å². The molecular formula is C22H23FN2O3S. The van der Waals surface area contributed by atoms with Crippen LogP contribution in [-0.2, 0) is 27.7 Å². The van der Waals surface area contributed by atoms with Gasteiger partial charge in [-0.05, 0) is 66.3 Å². The van der Waals surface area contributed by atoms with E-state index in [0.29, 0.717) is 23.5 Å². The minimum Gasteiger partial charge on any atom is -0.337 e. The summed E-state index contributed by atoms with van der Waals surface area (Å²) in [6, 6.07) is 11.4. The van der Waals surface area contributed by atoms with E-state index in [4.69, 9.17) is 0 Å². The zero-order valence-electron chi connectivity index (χ0n) is 16.1. The van der Waals surface area contributed by atoms with Crippen LogP contribution in [0.25, 0.3) is 6.08 Å². The molecule has 0 aromatic heterocycles. The zero-order chi connectivity index (χ0) is 20.4. The van der Waals surface area contributed by atoms with Crippen LogP contribution in [0.2, 0.25) is 0 Å². The van der Waals surface area contributed by atoms with Crippen LogP contribution in [0.3, 0.4) is 0 Å². The number of aryl methyl sites for hydroxylation is 2. The smallest absolute Gasteiger partial charge is 0.246 e. The lowest BCUT2D eigenvalue weighted by molar-refractivity contribution is -0.127. The molecule has 4 rings (SSSR count). The molecule has 5 nitrogen and oxygen atoms in total. The van der Waals surface area contributed by atoms with Gasteiger partial charge >= 0.3 is 0 Å². The van der Waals surface area contributed by atoms with Crippen molar-refractivity contribution in [3.05, 3.63) is 71.0 Å². The van der Waals surface area contributed by atoms with Crippen molar-refractivity contribution in [1.82, 2.24) is 9.21 Å². The van der Waals surface area contributed by atoms with E-state index in [1.165, 1.54) is 28.1 Å². The fraction of sp³-hybridized carbons (Fsp3) is 0.318. The average Bonchev–Trinajstić information content (AvgIpc) is 3.20. The van der Waals surface area contributed by atoms with Crippen molar-refractivity contribution in [1.29, 1.82) is 0 Å². The lowest BCUT2D eigenvalue weighted by Gasteiger charge is -2.33. The second-order valence-corrected chi connectivity index (χ2v) is 9.34. The summed E-state index contributed by atoms with van der Waals surface area (Å²) in [5, 5.41) is 0. The fourth-order valence-electron chi connectivity index (χ4n) is 3.89. The Labute approximate surface area is 170 Å². The summed E-state index contributed by atoms with van der Waals surface area (Å²) in [6.45, 7) is 1.19. The van der Waals surface area contributed by atoms with E-state index in [9.17, 15) is 17.6 Å². The van der Waals surface area contributed by atoms with Gasteiger partial charge in [-0.1, -0.05) is 18.2 Å². The van der Waals surface area contributed by atoms with Crippen molar-refractivity contribution in [3.63, 3.8) is 0 Å². The topological polar surface area (TPSA) is 57.7 Å². The number of sulfonamides is 1. The van der Waals surface area contributed by atoms with Gasteiger partial charge < -0.3 is 4.90 Å². The molecule has 1 aliphatic heterocycles. The third-order valence-corrected chi connectivity index (χ3v) is 7.42. The Kier molecular flexibility index (Phi) is 5.52. The van der Waals surface area contributed by atoms with Crippen LogP contribution in [0.1, 0.15) is 23.1 Å². The van der Waals surface area contributed by atoms with Crippen molar-refractivity contribution in [3.8, 4) is 0 Å². The largest absolute Gasteiger partial charge is 0.337 e. The predicted octanol–water partition coefficient (Wildman–Crippen LogP) is 2.86. The van der Waals surface area contributed by atoms with Crippen LogP contribution in [-0.4, -0.2) is 49.7 Å². The van der Waals surface area contributed by atoms with E-state index in [1.807, 2.05) is 6.07 Å². The highest BCUT2D eigenvalue weighted by Gasteiger charge is 2.30. The van der Waals surface area contributed by atoms with Crippen LogP contribution in [0, 0.1) is 5.82 Å². The molecule has 7 heteroatoms. The van der Waals surface area contributed by atoms with Gasteiger partial charge in [-0.3, -0.25) is 4.79 Å². The van der Waals surface area contributed by atoms with E-state index in [0.717, 1.165) is 24.8 Å². The number of benzene rings is 2. The number of rotatable bonds is 4. The first-order valence-corrected chi connectivity index (χ1v) is 11.2. The summed E-state index contributed by atoms with van der Waals surface area (Å²) in [7, 11) is -3.56. The van der Waals surface area contributed by atoms with Crippen LogP contribution in [0.5, 0.6) is 0 Å². The lowest BCUT2D eigenvalue weighted by atomic mass is 10.1. The molecule has 1 heterocycles. The molecule has 0 N–H and O–H groups in total. The maximum atomic E-state index is 13.2. The molecule has 1 amide bonds. The second kappa shape index (κ2) is 8.08. The third kappa shape index (κ3) is 4.26. The number of piperazine rings is 1. The summed E-state index contributed by atoms with van der Waals surface area (Å²) in [6.07, 6.45) is 5.99. The molecule has 2 aliphatic rings. The number of hydrogen-bond acceptors (Lipinski definition) is 3. The van der Waals surface area contributed by atoms with Crippen LogP contribution in [0.15, 0.2) is 53.4 Å². The second-order valence-electron chi connectivity index (χ2n) is 7.40. The first kappa shape index (κ1) is 19.8. The van der Waals surface area contributed by atoms with E-state index in [1.54, 1.807) is 35.2 Å². The van der Waals surface area contributed by atoms with Gasteiger partial charge in [0, 0.05) is 32.3 Å². The standard InChI is InChI=1S/C22H23FN2O3S/c23-20-6-1-3-17(15-20)7-10-22(26)24-11-13-25(14-12-24)29(27,28)21-9-8-18-4-2-5-19(18)16-21/h1,3,6-10,15-16H,2,4-5,11-14H2/b10-7+. The molecule has 1 aliphatic carbocycles. The molecule has 29 heavy (non-hydrogen) atoms. The van der Waals surface area contributed by atoms with Crippen LogP contribution in [0.4, 0.5) is 4.39 Å². The monoisotopic (exact) mass is 414 g/mol. The minimum absolute atomic E-state index is 0.205. The highest BCUT2D eigenvalue weighted by Crippen LogP contribution is 2.26. The van der Waals surface area contributed by atoms with Crippen LogP contribution < -0.4 is 0 Å². The molecule has 0 bridgehead atoms. The summed E-state index contributed by atoms with van der Waals surface area (Å²) in [4.78, 5) is 14.3. The molecule has 0 unspecified atom stereocenters. The Morgan fingerprint density at radius 1 is 0.966 bits per heavy atom. The first-order valence-electron chi connectivity index (χ1n) is 9.78. The minimum atomic E-state index is -3.56. The van der Waals surface area contributed by atoms with Gasteiger partial charge in [0.05, 0.1) is 4.90 Å². The molecule has 0 saturated carbocycles. The first-order chi connectivity index (χ1) is 13.9. The molecule has 2 aromatic rings. The van der Waals surface area contributed by atoms with Crippen molar-refractivity contribution < 1.29 is 17.6 Å². The Hall–Kier alpha value is -2.51. The van der Waals surface area contributed by atoms with Gasteiger partial charge in [-0.2, -0.15) is 4.31 Å². The summed E-state index contributed by atoms with van der Waals surface area (Å²) >= 11 is 0. The van der Waals surface area contributed by atoms with E-state index < -0.39 is 10.0 Å². The molecular weight excluding hydrogens is 391 g/mol. The number of fused-ring (bicyclic) bond motifs is 1. The quantitative estimate of drug-likeness (QED) is 0.723. The average molecular weight is 415 g/mol. The van der Waals surface area contributed by atoms with Gasteiger partial charge in [0.15, 0.2) is 0 Å². The molecule has 2 aromatic carbocycles. The summed E-state index contributed by atoms with van der Waals surface area (Å²) in [5.74, 6) is -0.561. The predicted molar refractivity (Wildman–Crippen MR) is 109 cm³/mol. The van der Waals surface area contributed by atoms with Gasteiger partial charge in [-0.15, -0.1) is 0 Å². The molecule has 152 valence electrons. The van der Waals surface area contributed by atoms with E-state index in [2.05, 4.69) is 0 Å². The highest BCUT2D eigenvalue weighted by atomic mass is 32.2. The number of carbonyl (C=O) groups is 1. The fourth-order valence-corrected chi connectivity index (χ4v) is 5.36. The Morgan fingerprint density at radius 3 is 2.48 bits per heavy atom. The Morgan fingerprint density at radius 2 is 1.72 bits per heavy atom. The van der Waals surface area contributed by atoms with Crippen molar-refractivity contribution in [2.24, 2.45) is 0 Å². The number of amides is 1. The molecule has 1 fully saturated rings. The number of halogens is 1. The number of hydrogen-bond donors (Lipinski definition) is 0. The molecule has 0 spiro atoms. The number of nitrogens with zero attached hydrogens (tertiary/aromatic N) is 2. The van der Waals surface area contributed by atoms with Gasteiger partial charge in [0.1, 0.15) is 5.82 Å². The van der Waals surface area contributed by atoms with Gasteiger partial charge in [0.25, 0.3) is 0 Å². The SMILES string of the molecule is O=C(/C=C/c1cccc(F)c1)N1CCN(S(=O)(=O)c2ccc3c(c2)CCC3)CC1. The zero-order valence-corrected chi connectivity index (χ0v) is 16.9. The molecule has 1 saturated heterocycles. The summed E-state index contributed by atoms with van der Waals surface area (Å²) < 4.78 is 40.6. The lowest BCUT2D eigenvalue weighted by Crippen LogP contribution is -2.50. The number of carbonyl (C=O) groups excluding carboxylic acids is 1. The van der Waals surface area contributed by atoms with Crippen LogP contribution >= 0.6 is 0 Å². The summed E-state index contributed by atoms with van der Waals surface area (Å²) in [5.41, 5.74) is 2.97. The highest BCUT2D eigenvalue weighted by molar-refractivity contribution is 7.89.